The Morgan fingerprint density at radius 1 is 1.18 bits per heavy atom. The summed E-state index contributed by atoms with van der Waals surface area (Å²) in [5, 5.41) is 24.1. The zero-order chi connectivity index (χ0) is 32.5. The molecule has 6 rings (SSSR count). The third-order valence-corrected chi connectivity index (χ3v) is 8.74. The van der Waals surface area contributed by atoms with Crippen LogP contribution >= 0.6 is 11.6 Å². The topological polar surface area (TPSA) is 141 Å². The molecule has 0 bridgehead atoms. The van der Waals surface area contributed by atoms with Crippen LogP contribution in [0.4, 0.5) is 15.9 Å². The van der Waals surface area contributed by atoms with E-state index in [1.54, 1.807) is 31.0 Å². The number of phenolic OH excluding ortho intramolecular Hbond substituents is 2. The smallest absolute Gasteiger partial charge is 0.354 e. The number of nitrogens with one attached hydrogen (secondary N) is 1. The second-order valence-corrected chi connectivity index (χ2v) is 11.9. The van der Waals surface area contributed by atoms with E-state index in [9.17, 15) is 24.6 Å². The Labute approximate surface area is 262 Å². The molecule has 4 heterocycles. The highest BCUT2D eigenvalue weighted by atomic mass is 35.5. The van der Waals surface area contributed by atoms with Crippen molar-refractivity contribution in [2.24, 2.45) is 0 Å². The molecule has 0 aliphatic carbocycles. The molecule has 2 unspecified atom stereocenters. The van der Waals surface area contributed by atoms with E-state index in [1.807, 2.05) is 13.8 Å². The molecule has 2 aromatic carbocycles. The molecule has 4 aromatic rings. The fourth-order valence-corrected chi connectivity index (χ4v) is 6.68. The highest BCUT2D eigenvalue weighted by Gasteiger charge is 2.44. The molecule has 1 fully saturated rings. The molecule has 232 valence electrons. The number of benzene rings is 2. The Kier molecular flexibility index (Phi) is 7.27. The summed E-state index contributed by atoms with van der Waals surface area (Å²) in [7, 11) is 0. The van der Waals surface area contributed by atoms with Crippen LogP contribution in [0.25, 0.3) is 27.7 Å². The molecule has 1 saturated heterocycles. The van der Waals surface area contributed by atoms with Crippen molar-refractivity contribution in [3.05, 3.63) is 75.7 Å². The molecule has 2 amide bonds. The molecule has 2 aliphatic rings. The molecule has 2 aromatic heterocycles. The van der Waals surface area contributed by atoms with Gasteiger partial charge in [0.15, 0.2) is 5.82 Å². The number of rotatable bonds is 4. The number of hydrogen-bond acceptors (Lipinski definition) is 8. The van der Waals surface area contributed by atoms with Crippen molar-refractivity contribution in [1.29, 1.82) is 0 Å². The summed E-state index contributed by atoms with van der Waals surface area (Å²) < 4.78 is 18.5. The molecule has 0 radical (unpaired) electrons. The summed E-state index contributed by atoms with van der Waals surface area (Å²) in [5.74, 6) is -3.12. The van der Waals surface area contributed by atoms with E-state index in [2.05, 4.69) is 21.9 Å². The number of halogens is 2. The average molecular weight is 633 g/mol. The first-order valence-corrected chi connectivity index (χ1v) is 14.7. The Morgan fingerprint density at radius 2 is 1.87 bits per heavy atom. The lowest BCUT2D eigenvalue weighted by atomic mass is 9.98. The van der Waals surface area contributed by atoms with Crippen molar-refractivity contribution >= 4 is 45.8 Å². The number of fused-ring (bicyclic) bond motifs is 2. The van der Waals surface area contributed by atoms with E-state index >= 15 is 4.39 Å². The lowest BCUT2D eigenvalue weighted by Crippen LogP contribution is -2.62. The molecule has 2 aliphatic heterocycles. The van der Waals surface area contributed by atoms with E-state index in [0.29, 0.717) is 16.9 Å². The van der Waals surface area contributed by atoms with Crippen LogP contribution in [0, 0.1) is 12.7 Å². The van der Waals surface area contributed by atoms with Gasteiger partial charge in [0.2, 0.25) is 11.8 Å². The van der Waals surface area contributed by atoms with Crippen LogP contribution in [0.3, 0.4) is 0 Å². The third kappa shape index (κ3) is 4.50. The van der Waals surface area contributed by atoms with Crippen LogP contribution in [0.2, 0.25) is 5.02 Å². The number of phenols is 2. The number of aromatic nitrogens is 3. The fraction of sp³-hybridized carbons (Fsp3) is 0.281. The number of carbonyl (C=O) groups is 2. The number of nitrogens with zero attached hydrogens (tertiary/aromatic N) is 5. The second kappa shape index (κ2) is 10.9. The van der Waals surface area contributed by atoms with Crippen LogP contribution in [0.1, 0.15) is 37.9 Å². The van der Waals surface area contributed by atoms with Gasteiger partial charge in [0.25, 0.3) is 0 Å². The van der Waals surface area contributed by atoms with Crippen molar-refractivity contribution in [3.8, 4) is 28.3 Å². The minimum Gasteiger partial charge on any atom is -0.507 e. The molecule has 0 spiro atoms. The van der Waals surface area contributed by atoms with Gasteiger partial charge in [-0.2, -0.15) is 4.98 Å². The van der Waals surface area contributed by atoms with Crippen molar-refractivity contribution in [3.63, 3.8) is 0 Å². The van der Waals surface area contributed by atoms with Gasteiger partial charge in [-0.15, -0.1) is 0 Å². The second-order valence-electron chi connectivity index (χ2n) is 11.6. The van der Waals surface area contributed by atoms with Crippen molar-refractivity contribution in [2.75, 3.05) is 23.3 Å². The van der Waals surface area contributed by atoms with E-state index in [1.165, 1.54) is 23.1 Å². The zero-order valence-corrected chi connectivity index (χ0v) is 25.7. The van der Waals surface area contributed by atoms with Crippen LogP contribution in [-0.2, 0) is 9.59 Å². The SMILES string of the molecule is C=CC(=O)N1CC(C)N2c3nc(=O)n(-c4c(C)ccnc4C(C)C)c4c(F)c(-c5c(O)cccc5O)c(Cl)c(c34)NC(=O)C2C1. The first-order chi connectivity index (χ1) is 21.4. The molecule has 3 N–H and O–H groups in total. The fourth-order valence-electron chi connectivity index (χ4n) is 6.36. The van der Waals surface area contributed by atoms with E-state index in [-0.39, 0.29) is 57.9 Å². The van der Waals surface area contributed by atoms with Gasteiger partial charge >= 0.3 is 5.69 Å². The number of hydrogen-bond donors (Lipinski definition) is 3. The van der Waals surface area contributed by atoms with Crippen molar-refractivity contribution in [1.82, 2.24) is 19.4 Å². The van der Waals surface area contributed by atoms with Crippen LogP contribution in [0.5, 0.6) is 11.5 Å². The maximum absolute atomic E-state index is 17.3. The predicted molar refractivity (Wildman–Crippen MR) is 169 cm³/mol. The third-order valence-electron chi connectivity index (χ3n) is 8.36. The Morgan fingerprint density at radius 3 is 2.51 bits per heavy atom. The normalized spacial score (nSPS) is 17.7. The summed E-state index contributed by atoms with van der Waals surface area (Å²) in [6, 6.07) is 4.01. The number of piperazine rings is 1. The summed E-state index contributed by atoms with van der Waals surface area (Å²) in [6.45, 7) is 11.0. The van der Waals surface area contributed by atoms with E-state index in [4.69, 9.17) is 11.6 Å². The lowest BCUT2D eigenvalue weighted by molar-refractivity contribution is -0.128. The summed E-state index contributed by atoms with van der Waals surface area (Å²) in [6.07, 6.45) is 2.75. The van der Waals surface area contributed by atoms with Gasteiger partial charge in [-0.1, -0.05) is 38.1 Å². The standard InChI is InChI=1S/C32H30ClFN6O5/c1-6-20(43)38-12-16(5)39-17(13-38)31(44)36-27-23-29(25(34)22(24(27)33)21-18(41)8-7-9-19(21)42)40(32(45)37-30(23)39)28-15(4)10-11-35-26(28)14(2)3/h6-11,14,16-17,41-42H,1,12-13H2,2-5H3,(H,36,44). The van der Waals surface area contributed by atoms with Crippen LogP contribution in [-0.4, -0.2) is 66.6 Å². The zero-order valence-electron chi connectivity index (χ0n) is 24.9. The van der Waals surface area contributed by atoms with E-state index in [0.717, 1.165) is 10.6 Å². The highest BCUT2D eigenvalue weighted by Crippen LogP contribution is 2.51. The van der Waals surface area contributed by atoms with Gasteiger partial charge in [-0.05, 0) is 49.6 Å². The lowest BCUT2D eigenvalue weighted by Gasteiger charge is -2.44. The van der Waals surface area contributed by atoms with Crippen molar-refractivity contribution < 1.29 is 24.2 Å². The molecule has 45 heavy (non-hydrogen) atoms. The molecular formula is C32H30ClFN6O5. The predicted octanol–water partition coefficient (Wildman–Crippen LogP) is 4.63. The van der Waals surface area contributed by atoms with Gasteiger partial charge in [0.05, 0.1) is 39.6 Å². The monoisotopic (exact) mass is 632 g/mol. The van der Waals surface area contributed by atoms with Crippen LogP contribution in [0.15, 0.2) is 47.9 Å². The summed E-state index contributed by atoms with van der Waals surface area (Å²) in [4.78, 5) is 52.7. The Bertz CT molecular complexity index is 1990. The first kappa shape index (κ1) is 30.1. The Balaban J connectivity index is 1.81. The van der Waals surface area contributed by atoms with E-state index < -0.39 is 46.6 Å². The molecule has 0 saturated carbocycles. The molecular weight excluding hydrogens is 603 g/mol. The van der Waals surface area contributed by atoms with Crippen LogP contribution < -0.4 is 15.9 Å². The number of anilines is 2. The largest absolute Gasteiger partial charge is 0.507 e. The number of aromatic hydroxyl groups is 2. The average Bonchev–Trinajstić information content (AvgIpc) is 3.11. The maximum atomic E-state index is 17.3. The van der Waals surface area contributed by atoms with Gasteiger partial charge < -0.3 is 25.3 Å². The maximum Gasteiger partial charge on any atom is 0.354 e. The quantitative estimate of drug-likeness (QED) is 0.277. The van der Waals surface area contributed by atoms with Gasteiger partial charge in [-0.3, -0.25) is 19.1 Å². The molecule has 13 heteroatoms. The highest BCUT2D eigenvalue weighted by molar-refractivity contribution is 6.39. The number of carbonyl (C=O) groups excluding carboxylic acids is 2. The molecule has 2 atom stereocenters. The van der Waals surface area contributed by atoms with Crippen molar-refractivity contribution in [2.45, 2.75) is 45.7 Å². The minimum absolute atomic E-state index is 0.00398. The summed E-state index contributed by atoms with van der Waals surface area (Å²) >= 11 is 6.90. The number of amides is 2. The molecule has 11 nitrogen and oxygen atoms in total. The number of pyridine rings is 1. The first-order valence-electron chi connectivity index (χ1n) is 14.3. The minimum atomic E-state index is -1.03. The van der Waals surface area contributed by atoms with Gasteiger partial charge in [0, 0.05) is 24.3 Å². The Hall–Kier alpha value is -4.97. The summed E-state index contributed by atoms with van der Waals surface area (Å²) in [5.41, 5.74) is -0.536. The van der Waals surface area contributed by atoms with Gasteiger partial charge in [0.1, 0.15) is 28.9 Å². The number of aryl methyl sites for hydroxylation is 1. The van der Waals surface area contributed by atoms with Gasteiger partial charge in [-0.25, -0.2) is 9.18 Å².